The Bertz CT molecular complexity index is 816. The SMILES string of the molecule is COc1ccccc1N1C[C@@H](C(=O)Nc2cccc(C)c2C)CC1=O. The van der Waals surface area contributed by atoms with Crippen LogP contribution in [-0.2, 0) is 9.59 Å². The zero-order valence-corrected chi connectivity index (χ0v) is 14.7. The number of aryl methyl sites for hydroxylation is 1. The fourth-order valence-electron chi connectivity index (χ4n) is 3.09. The van der Waals surface area contributed by atoms with E-state index in [1.54, 1.807) is 12.0 Å². The van der Waals surface area contributed by atoms with E-state index in [-0.39, 0.29) is 24.2 Å². The van der Waals surface area contributed by atoms with Crippen LogP contribution in [0.25, 0.3) is 0 Å². The van der Waals surface area contributed by atoms with Crippen molar-refractivity contribution in [3.05, 3.63) is 53.6 Å². The smallest absolute Gasteiger partial charge is 0.229 e. The summed E-state index contributed by atoms with van der Waals surface area (Å²) in [6, 6.07) is 13.2. The molecule has 1 saturated heterocycles. The minimum Gasteiger partial charge on any atom is -0.495 e. The largest absolute Gasteiger partial charge is 0.495 e. The first-order valence-electron chi connectivity index (χ1n) is 8.31. The minimum atomic E-state index is -0.377. The molecule has 5 nitrogen and oxygen atoms in total. The molecule has 1 heterocycles. The number of nitrogens with zero attached hydrogens (tertiary/aromatic N) is 1. The number of benzene rings is 2. The maximum Gasteiger partial charge on any atom is 0.229 e. The van der Waals surface area contributed by atoms with E-state index in [2.05, 4.69) is 5.32 Å². The number of methoxy groups -OCH3 is 1. The van der Waals surface area contributed by atoms with E-state index < -0.39 is 0 Å². The molecule has 0 aliphatic carbocycles. The number of hydrogen-bond donors (Lipinski definition) is 1. The molecular weight excluding hydrogens is 316 g/mol. The Morgan fingerprint density at radius 3 is 2.68 bits per heavy atom. The van der Waals surface area contributed by atoms with Crippen LogP contribution >= 0.6 is 0 Å². The first-order chi connectivity index (χ1) is 12.0. The van der Waals surface area contributed by atoms with Crippen LogP contribution in [0.5, 0.6) is 5.75 Å². The molecule has 1 atom stereocenters. The van der Waals surface area contributed by atoms with E-state index in [9.17, 15) is 9.59 Å². The number of amides is 2. The van der Waals surface area contributed by atoms with Crippen LogP contribution in [0.15, 0.2) is 42.5 Å². The van der Waals surface area contributed by atoms with Crippen molar-refractivity contribution in [2.75, 3.05) is 23.9 Å². The second kappa shape index (κ2) is 6.97. The Morgan fingerprint density at radius 2 is 1.92 bits per heavy atom. The van der Waals surface area contributed by atoms with Crippen LogP contribution in [-0.4, -0.2) is 25.5 Å². The molecule has 5 heteroatoms. The van der Waals surface area contributed by atoms with Crippen molar-refractivity contribution in [1.82, 2.24) is 0 Å². The Morgan fingerprint density at radius 1 is 1.16 bits per heavy atom. The predicted octanol–water partition coefficient (Wildman–Crippen LogP) is 3.30. The minimum absolute atomic E-state index is 0.0642. The Kier molecular flexibility index (Phi) is 4.74. The maximum atomic E-state index is 12.6. The number of ether oxygens (including phenoxy) is 1. The predicted molar refractivity (Wildman–Crippen MR) is 98.0 cm³/mol. The second-order valence-corrected chi connectivity index (χ2v) is 6.31. The number of carbonyl (C=O) groups is 2. The molecule has 25 heavy (non-hydrogen) atoms. The standard InChI is InChI=1S/C20H22N2O3/c1-13-7-6-8-16(14(13)2)21-20(24)15-11-19(23)22(12-15)17-9-4-5-10-18(17)25-3/h4-10,15H,11-12H2,1-3H3,(H,21,24)/t15-/m0/s1. The Balaban J connectivity index is 1.76. The average molecular weight is 338 g/mol. The normalized spacial score (nSPS) is 16.8. The second-order valence-electron chi connectivity index (χ2n) is 6.31. The molecule has 0 spiro atoms. The van der Waals surface area contributed by atoms with Crippen LogP contribution in [0.2, 0.25) is 0 Å². The molecule has 2 aromatic rings. The van der Waals surface area contributed by atoms with Crippen molar-refractivity contribution in [3.63, 3.8) is 0 Å². The van der Waals surface area contributed by atoms with Gasteiger partial charge < -0.3 is 15.0 Å². The lowest BCUT2D eigenvalue weighted by Crippen LogP contribution is -2.28. The number of para-hydroxylation sites is 2. The lowest BCUT2D eigenvalue weighted by Gasteiger charge is -2.19. The van der Waals surface area contributed by atoms with Crippen LogP contribution in [0.4, 0.5) is 11.4 Å². The topological polar surface area (TPSA) is 58.6 Å². The third-order valence-corrected chi connectivity index (χ3v) is 4.73. The van der Waals surface area contributed by atoms with Crippen molar-refractivity contribution in [1.29, 1.82) is 0 Å². The summed E-state index contributed by atoms with van der Waals surface area (Å²) in [7, 11) is 1.57. The fraction of sp³-hybridized carbons (Fsp3) is 0.300. The summed E-state index contributed by atoms with van der Waals surface area (Å²) in [4.78, 5) is 26.7. The molecule has 1 aliphatic rings. The molecule has 3 rings (SSSR count). The number of nitrogens with one attached hydrogen (secondary N) is 1. The quantitative estimate of drug-likeness (QED) is 0.930. The van der Waals surface area contributed by atoms with Crippen molar-refractivity contribution in [2.24, 2.45) is 5.92 Å². The van der Waals surface area contributed by atoms with Crippen molar-refractivity contribution >= 4 is 23.2 Å². The summed E-state index contributed by atoms with van der Waals surface area (Å²) < 4.78 is 5.33. The first kappa shape index (κ1) is 17.0. The highest BCUT2D eigenvalue weighted by Crippen LogP contribution is 2.33. The highest BCUT2D eigenvalue weighted by Gasteiger charge is 2.36. The molecule has 0 unspecified atom stereocenters. The monoisotopic (exact) mass is 338 g/mol. The van der Waals surface area contributed by atoms with Crippen LogP contribution in [0.3, 0.4) is 0 Å². The van der Waals surface area contributed by atoms with Gasteiger partial charge in [0.2, 0.25) is 11.8 Å². The summed E-state index contributed by atoms with van der Waals surface area (Å²) >= 11 is 0. The highest BCUT2D eigenvalue weighted by molar-refractivity contribution is 6.04. The summed E-state index contributed by atoms with van der Waals surface area (Å²) in [6.45, 7) is 4.34. The van der Waals surface area contributed by atoms with Gasteiger partial charge in [-0.05, 0) is 43.2 Å². The van der Waals surface area contributed by atoms with E-state index in [1.165, 1.54) is 0 Å². The van der Waals surface area contributed by atoms with Crippen LogP contribution in [0.1, 0.15) is 17.5 Å². The zero-order chi connectivity index (χ0) is 18.0. The number of anilines is 2. The molecule has 0 radical (unpaired) electrons. The molecule has 0 aromatic heterocycles. The first-order valence-corrected chi connectivity index (χ1v) is 8.31. The van der Waals surface area contributed by atoms with Gasteiger partial charge in [0.05, 0.1) is 18.7 Å². The van der Waals surface area contributed by atoms with Crippen molar-refractivity contribution in [3.8, 4) is 5.75 Å². The van der Waals surface area contributed by atoms with Gasteiger partial charge in [0.25, 0.3) is 0 Å². The van der Waals surface area contributed by atoms with Gasteiger partial charge in [-0.15, -0.1) is 0 Å². The molecule has 0 bridgehead atoms. The maximum absolute atomic E-state index is 12.6. The summed E-state index contributed by atoms with van der Waals surface area (Å²) in [5.74, 6) is 0.0637. The lowest BCUT2D eigenvalue weighted by molar-refractivity contribution is -0.122. The molecule has 2 aromatic carbocycles. The Hall–Kier alpha value is -2.82. The van der Waals surface area contributed by atoms with Gasteiger partial charge in [0.15, 0.2) is 0 Å². The molecule has 130 valence electrons. The molecule has 1 fully saturated rings. The average Bonchev–Trinajstić information content (AvgIpc) is 3.00. The van der Waals surface area contributed by atoms with E-state index in [0.29, 0.717) is 18.0 Å². The summed E-state index contributed by atoms with van der Waals surface area (Å²) in [6.07, 6.45) is 0.203. The van der Waals surface area contributed by atoms with Crippen LogP contribution < -0.4 is 15.0 Å². The van der Waals surface area contributed by atoms with Gasteiger partial charge in [-0.1, -0.05) is 24.3 Å². The number of hydrogen-bond acceptors (Lipinski definition) is 3. The third-order valence-electron chi connectivity index (χ3n) is 4.73. The summed E-state index contributed by atoms with van der Waals surface area (Å²) in [5, 5.41) is 2.97. The lowest BCUT2D eigenvalue weighted by atomic mass is 10.1. The zero-order valence-electron chi connectivity index (χ0n) is 14.7. The molecule has 0 saturated carbocycles. The van der Waals surface area contributed by atoms with Crippen molar-refractivity contribution in [2.45, 2.75) is 20.3 Å². The van der Waals surface area contributed by atoms with Gasteiger partial charge in [0, 0.05) is 18.7 Å². The molecule has 1 aliphatic heterocycles. The van der Waals surface area contributed by atoms with Gasteiger partial charge in [0.1, 0.15) is 5.75 Å². The fourth-order valence-corrected chi connectivity index (χ4v) is 3.09. The molecule has 2 amide bonds. The van der Waals surface area contributed by atoms with Gasteiger partial charge in [-0.25, -0.2) is 0 Å². The van der Waals surface area contributed by atoms with E-state index in [0.717, 1.165) is 16.8 Å². The van der Waals surface area contributed by atoms with E-state index >= 15 is 0 Å². The van der Waals surface area contributed by atoms with Gasteiger partial charge in [-0.2, -0.15) is 0 Å². The summed E-state index contributed by atoms with van der Waals surface area (Å²) in [5.41, 5.74) is 3.67. The van der Waals surface area contributed by atoms with Gasteiger partial charge in [-0.3, -0.25) is 9.59 Å². The van der Waals surface area contributed by atoms with E-state index in [1.807, 2.05) is 56.3 Å². The third kappa shape index (κ3) is 3.36. The molecular formula is C20H22N2O3. The highest BCUT2D eigenvalue weighted by atomic mass is 16.5. The number of rotatable bonds is 4. The van der Waals surface area contributed by atoms with E-state index in [4.69, 9.17) is 4.74 Å². The Labute approximate surface area is 147 Å². The van der Waals surface area contributed by atoms with Gasteiger partial charge >= 0.3 is 0 Å². The van der Waals surface area contributed by atoms with Crippen LogP contribution in [0, 0.1) is 19.8 Å². The molecule has 1 N–H and O–H groups in total. The van der Waals surface area contributed by atoms with Crippen molar-refractivity contribution < 1.29 is 14.3 Å². The number of carbonyl (C=O) groups excluding carboxylic acids is 2.